The number of hydrogen-bond acceptors (Lipinski definition) is 4. The van der Waals surface area contributed by atoms with Gasteiger partial charge in [0.15, 0.2) is 9.84 Å². The second-order valence-electron chi connectivity index (χ2n) is 6.17. The van der Waals surface area contributed by atoms with Crippen molar-refractivity contribution < 1.29 is 8.42 Å². The van der Waals surface area contributed by atoms with Crippen molar-refractivity contribution in [3.05, 3.63) is 35.9 Å². The van der Waals surface area contributed by atoms with Crippen LogP contribution in [0.4, 0.5) is 0 Å². The fourth-order valence-corrected chi connectivity index (χ4v) is 3.81. The molecule has 0 amide bonds. The van der Waals surface area contributed by atoms with Crippen LogP contribution in [0.1, 0.15) is 24.8 Å². The number of nitrogens with two attached hydrogens (primary N) is 1. The fraction of sp³-hybridized carbons (Fsp3) is 0.500. The summed E-state index contributed by atoms with van der Waals surface area (Å²) in [6, 6.07) is 8.23. The van der Waals surface area contributed by atoms with Gasteiger partial charge < -0.3 is 5.73 Å². The van der Waals surface area contributed by atoms with Gasteiger partial charge in [0.2, 0.25) is 0 Å². The van der Waals surface area contributed by atoms with Gasteiger partial charge in [-0.2, -0.15) is 0 Å². The van der Waals surface area contributed by atoms with Gasteiger partial charge in [0.05, 0.1) is 4.90 Å². The molecule has 0 radical (unpaired) electrons. The molecule has 1 aromatic carbocycles. The molecule has 1 atom stereocenters. The molecule has 1 aliphatic heterocycles. The summed E-state index contributed by atoms with van der Waals surface area (Å²) in [5.74, 6) is 0. The first-order valence-corrected chi connectivity index (χ1v) is 9.32. The molecule has 0 spiro atoms. The van der Waals surface area contributed by atoms with E-state index in [-0.39, 0.29) is 0 Å². The molecule has 1 heterocycles. The van der Waals surface area contributed by atoms with Gasteiger partial charge >= 0.3 is 0 Å². The van der Waals surface area contributed by atoms with Crippen molar-refractivity contribution in [2.75, 3.05) is 19.3 Å². The van der Waals surface area contributed by atoms with Gasteiger partial charge in [0.25, 0.3) is 0 Å². The van der Waals surface area contributed by atoms with Crippen molar-refractivity contribution in [2.45, 2.75) is 36.2 Å². The molecule has 5 heteroatoms. The van der Waals surface area contributed by atoms with Crippen molar-refractivity contribution >= 4 is 15.4 Å². The number of rotatable bonds is 3. The van der Waals surface area contributed by atoms with E-state index in [1.165, 1.54) is 11.8 Å². The third-order valence-corrected chi connectivity index (χ3v) is 5.62. The summed E-state index contributed by atoms with van der Waals surface area (Å²) >= 11 is 0. The maximum Gasteiger partial charge on any atom is 0.175 e. The zero-order valence-electron chi connectivity index (χ0n) is 12.3. The van der Waals surface area contributed by atoms with Crippen LogP contribution >= 0.6 is 0 Å². The quantitative estimate of drug-likeness (QED) is 0.922. The lowest BCUT2D eigenvalue weighted by Crippen LogP contribution is -2.59. The van der Waals surface area contributed by atoms with E-state index in [4.69, 9.17) is 5.73 Å². The van der Waals surface area contributed by atoms with E-state index in [0.717, 1.165) is 37.9 Å². The minimum Gasteiger partial charge on any atom is -0.325 e. The van der Waals surface area contributed by atoms with Gasteiger partial charge in [-0.15, -0.1) is 0 Å². The molecule has 1 aliphatic carbocycles. The highest BCUT2D eigenvalue weighted by Crippen LogP contribution is 2.31. The largest absolute Gasteiger partial charge is 0.325 e. The van der Waals surface area contributed by atoms with E-state index < -0.39 is 9.84 Å². The minimum atomic E-state index is -3.11. The maximum atomic E-state index is 11.5. The summed E-state index contributed by atoms with van der Waals surface area (Å²) in [5, 5.41) is 0. The van der Waals surface area contributed by atoms with Gasteiger partial charge in [-0.3, -0.25) is 4.90 Å². The van der Waals surface area contributed by atoms with E-state index in [0.29, 0.717) is 17.0 Å². The van der Waals surface area contributed by atoms with Crippen molar-refractivity contribution in [3.8, 4) is 0 Å². The first-order chi connectivity index (χ1) is 9.93. The van der Waals surface area contributed by atoms with E-state index in [2.05, 4.69) is 11.0 Å². The molecule has 1 saturated heterocycles. The van der Waals surface area contributed by atoms with Gasteiger partial charge in [0.1, 0.15) is 0 Å². The molecule has 114 valence electrons. The molecule has 1 aromatic rings. The topological polar surface area (TPSA) is 63.4 Å². The summed E-state index contributed by atoms with van der Waals surface area (Å²) in [6.45, 7) is 2.05. The molecule has 1 unspecified atom stereocenters. The molecule has 3 rings (SSSR count). The average Bonchev–Trinajstić information content (AvgIpc) is 2.43. The first kappa shape index (κ1) is 14.8. The van der Waals surface area contributed by atoms with Crippen LogP contribution in [0.15, 0.2) is 35.2 Å². The Balaban J connectivity index is 1.68. The number of nitrogens with zero attached hydrogens (tertiary/aromatic N) is 1. The zero-order chi connectivity index (χ0) is 15.0. The standard InChI is InChI=1S/C16H22N2O2S/c1-21(19,20)16-8-4-13(5-9-16)12-2-6-15(7-3-12)18-10-14(17)11-18/h2,4-5,8-9,14-15H,3,6-7,10-11,17H2,1H3. The van der Waals surface area contributed by atoms with Gasteiger partial charge in [-0.1, -0.05) is 18.2 Å². The lowest BCUT2D eigenvalue weighted by atomic mass is 9.88. The van der Waals surface area contributed by atoms with Crippen LogP contribution in [0, 0.1) is 0 Å². The first-order valence-electron chi connectivity index (χ1n) is 7.42. The molecule has 0 saturated carbocycles. The third-order valence-electron chi connectivity index (χ3n) is 4.49. The van der Waals surface area contributed by atoms with E-state index in [1.54, 1.807) is 12.1 Å². The Morgan fingerprint density at radius 1 is 1.19 bits per heavy atom. The van der Waals surface area contributed by atoms with Crippen molar-refractivity contribution in [2.24, 2.45) is 5.73 Å². The SMILES string of the molecule is CS(=O)(=O)c1ccc(C2=CCC(N3CC(N)C3)CC2)cc1. The Morgan fingerprint density at radius 2 is 1.86 bits per heavy atom. The summed E-state index contributed by atoms with van der Waals surface area (Å²) in [6.07, 6.45) is 6.81. The van der Waals surface area contributed by atoms with E-state index >= 15 is 0 Å². The predicted molar refractivity (Wildman–Crippen MR) is 84.7 cm³/mol. The number of benzene rings is 1. The molecular formula is C16H22N2O2S. The van der Waals surface area contributed by atoms with Crippen LogP contribution in [0.3, 0.4) is 0 Å². The Labute approximate surface area is 126 Å². The fourth-order valence-electron chi connectivity index (χ4n) is 3.18. The van der Waals surface area contributed by atoms with Crippen LogP contribution in [0.25, 0.3) is 5.57 Å². The van der Waals surface area contributed by atoms with Gasteiger partial charge in [0, 0.05) is 31.4 Å². The highest BCUT2D eigenvalue weighted by Gasteiger charge is 2.30. The highest BCUT2D eigenvalue weighted by atomic mass is 32.2. The normalized spacial score (nSPS) is 24.5. The van der Waals surface area contributed by atoms with E-state index in [9.17, 15) is 8.42 Å². The molecule has 4 nitrogen and oxygen atoms in total. The van der Waals surface area contributed by atoms with Crippen LogP contribution < -0.4 is 5.73 Å². The Bertz CT molecular complexity index is 643. The average molecular weight is 306 g/mol. The lowest BCUT2D eigenvalue weighted by molar-refractivity contribution is 0.0889. The van der Waals surface area contributed by atoms with Crippen molar-refractivity contribution in [1.82, 2.24) is 4.90 Å². The van der Waals surface area contributed by atoms with Crippen molar-refractivity contribution in [3.63, 3.8) is 0 Å². The lowest BCUT2D eigenvalue weighted by Gasteiger charge is -2.43. The number of allylic oxidation sites excluding steroid dienone is 1. The molecule has 1 fully saturated rings. The highest BCUT2D eigenvalue weighted by molar-refractivity contribution is 7.90. The molecule has 2 N–H and O–H groups in total. The van der Waals surface area contributed by atoms with Crippen molar-refractivity contribution in [1.29, 1.82) is 0 Å². The van der Waals surface area contributed by atoms with Gasteiger partial charge in [-0.05, 0) is 42.5 Å². The van der Waals surface area contributed by atoms with E-state index in [1.807, 2.05) is 12.1 Å². The second-order valence-corrected chi connectivity index (χ2v) is 8.18. The number of likely N-dealkylation sites (tertiary alicyclic amines) is 1. The summed E-state index contributed by atoms with van der Waals surface area (Å²) < 4.78 is 22.9. The number of sulfone groups is 1. The third kappa shape index (κ3) is 3.20. The zero-order valence-corrected chi connectivity index (χ0v) is 13.1. The minimum absolute atomic E-state index is 0.360. The number of hydrogen-bond donors (Lipinski definition) is 1. The molecule has 0 aromatic heterocycles. The molecule has 2 aliphatic rings. The summed E-state index contributed by atoms with van der Waals surface area (Å²) in [5.41, 5.74) is 8.31. The summed E-state index contributed by atoms with van der Waals surface area (Å²) in [7, 11) is -3.11. The van der Waals surface area contributed by atoms with Crippen LogP contribution in [0.5, 0.6) is 0 Å². The monoisotopic (exact) mass is 306 g/mol. The van der Waals surface area contributed by atoms with Crippen LogP contribution in [0.2, 0.25) is 0 Å². The Hall–Kier alpha value is -1.17. The van der Waals surface area contributed by atoms with Gasteiger partial charge in [-0.25, -0.2) is 8.42 Å². The smallest absolute Gasteiger partial charge is 0.175 e. The Morgan fingerprint density at radius 3 is 2.33 bits per heavy atom. The second kappa shape index (κ2) is 5.55. The molecule has 21 heavy (non-hydrogen) atoms. The molecular weight excluding hydrogens is 284 g/mol. The Kier molecular flexibility index (Phi) is 3.90. The molecule has 0 bridgehead atoms. The van der Waals surface area contributed by atoms with Crippen LogP contribution in [-0.2, 0) is 9.84 Å². The predicted octanol–water partition coefficient (Wildman–Crippen LogP) is 1.67. The van der Waals surface area contributed by atoms with Crippen LogP contribution in [-0.4, -0.2) is 44.7 Å². The maximum absolute atomic E-state index is 11.5. The summed E-state index contributed by atoms with van der Waals surface area (Å²) in [4.78, 5) is 2.85.